The molecule has 2 fully saturated rings. The van der Waals surface area contributed by atoms with Gasteiger partial charge in [0.1, 0.15) is 5.92 Å². The number of likely N-dealkylation sites (N-methyl/N-ethyl adjacent to an activating group) is 1. The Morgan fingerprint density at radius 3 is 2.67 bits per heavy atom. The van der Waals surface area contributed by atoms with Crippen molar-refractivity contribution < 1.29 is 19.4 Å². The van der Waals surface area contributed by atoms with Crippen LogP contribution in [-0.4, -0.2) is 54.4 Å². The highest BCUT2D eigenvalue weighted by Gasteiger charge is 2.39. The molecule has 1 heterocycles. The van der Waals surface area contributed by atoms with Gasteiger partial charge in [0.15, 0.2) is 0 Å². The SMILES string of the molecule is CCN(C(=O)NCC1CCCC1C)C1COCC1C(=O)O. The highest BCUT2D eigenvalue weighted by Crippen LogP contribution is 2.30. The summed E-state index contributed by atoms with van der Waals surface area (Å²) in [4.78, 5) is 25.2. The molecule has 0 aromatic heterocycles. The van der Waals surface area contributed by atoms with Crippen LogP contribution in [0.2, 0.25) is 0 Å². The lowest BCUT2D eigenvalue weighted by Crippen LogP contribution is -2.51. The molecule has 2 N–H and O–H groups in total. The summed E-state index contributed by atoms with van der Waals surface area (Å²) in [6.07, 6.45) is 3.63. The van der Waals surface area contributed by atoms with Crippen LogP contribution in [0.4, 0.5) is 4.79 Å². The Labute approximate surface area is 125 Å². The minimum atomic E-state index is -0.895. The summed E-state index contributed by atoms with van der Waals surface area (Å²) in [6, 6.07) is -0.535. The fraction of sp³-hybridized carbons (Fsp3) is 0.867. The molecule has 4 unspecified atom stereocenters. The van der Waals surface area contributed by atoms with E-state index in [1.807, 2.05) is 6.92 Å². The van der Waals surface area contributed by atoms with E-state index in [0.29, 0.717) is 31.5 Å². The topological polar surface area (TPSA) is 78.9 Å². The fourth-order valence-electron chi connectivity index (χ4n) is 3.46. The molecule has 1 aliphatic heterocycles. The minimum Gasteiger partial charge on any atom is -0.481 e. The lowest BCUT2D eigenvalue weighted by Gasteiger charge is -2.30. The van der Waals surface area contributed by atoms with Gasteiger partial charge in [-0.15, -0.1) is 0 Å². The van der Waals surface area contributed by atoms with Crippen molar-refractivity contribution >= 4 is 12.0 Å². The molecule has 1 saturated carbocycles. The molecule has 0 aromatic rings. The summed E-state index contributed by atoms with van der Waals surface area (Å²) in [5.74, 6) is -0.320. The molecule has 1 aliphatic carbocycles. The van der Waals surface area contributed by atoms with Crippen LogP contribution in [0.15, 0.2) is 0 Å². The van der Waals surface area contributed by atoms with Gasteiger partial charge in [0.05, 0.1) is 19.3 Å². The van der Waals surface area contributed by atoms with Crippen LogP contribution < -0.4 is 5.32 Å². The smallest absolute Gasteiger partial charge is 0.317 e. The largest absolute Gasteiger partial charge is 0.481 e. The van der Waals surface area contributed by atoms with Crippen molar-refractivity contribution in [2.45, 2.75) is 39.2 Å². The van der Waals surface area contributed by atoms with E-state index in [0.717, 1.165) is 6.42 Å². The van der Waals surface area contributed by atoms with Crippen molar-refractivity contribution in [3.05, 3.63) is 0 Å². The van der Waals surface area contributed by atoms with E-state index in [4.69, 9.17) is 4.74 Å². The van der Waals surface area contributed by atoms with Gasteiger partial charge in [-0.1, -0.05) is 19.8 Å². The van der Waals surface area contributed by atoms with Crippen molar-refractivity contribution in [2.75, 3.05) is 26.3 Å². The monoisotopic (exact) mass is 298 g/mol. The number of amides is 2. The Bertz CT molecular complexity index is 388. The summed E-state index contributed by atoms with van der Waals surface area (Å²) in [6.45, 7) is 5.76. The Morgan fingerprint density at radius 1 is 1.33 bits per heavy atom. The third kappa shape index (κ3) is 3.67. The number of aliphatic carboxylic acids is 1. The Kier molecular flexibility index (Phi) is 5.45. The van der Waals surface area contributed by atoms with Crippen molar-refractivity contribution in [1.82, 2.24) is 10.2 Å². The first-order chi connectivity index (χ1) is 10.0. The Balaban J connectivity index is 1.90. The van der Waals surface area contributed by atoms with Gasteiger partial charge in [0, 0.05) is 13.1 Å². The van der Waals surface area contributed by atoms with E-state index < -0.39 is 11.9 Å². The molecule has 0 bridgehead atoms. The average Bonchev–Trinajstić information content (AvgIpc) is 3.06. The Morgan fingerprint density at radius 2 is 2.10 bits per heavy atom. The predicted molar refractivity (Wildman–Crippen MR) is 78.0 cm³/mol. The second-order valence-electron chi connectivity index (χ2n) is 6.19. The van der Waals surface area contributed by atoms with Crippen LogP contribution in [0.3, 0.4) is 0 Å². The summed E-state index contributed by atoms with van der Waals surface area (Å²) in [7, 11) is 0. The van der Waals surface area contributed by atoms with E-state index in [1.165, 1.54) is 12.8 Å². The van der Waals surface area contributed by atoms with Gasteiger partial charge in [-0.3, -0.25) is 4.79 Å². The second-order valence-corrected chi connectivity index (χ2v) is 6.19. The van der Waals surface area contributed by atoms with Crippen LogP contribution in [0, 0.1) is 17.8 Å². The van der Waals surface area contributed by atoms with Gasteiger partial charge in [0.2, 0.25) is 0 Å². The highest BCUT2D eigenvalue weighted by atomic mass is 16.5. The zero-order valence-corrected chi connectivity index (χ0v) is 12.9. The lowest BCUT2D eigenvalue weighted by atomic mass is 9.98. The maximum Gasteiger partial charge on any atom is 0.317 e. The predicted octanol–water partition coefficient (Wildman–Crippen LogP) is 1.55. The third-order valence-electron chi connectivity index (χ3n) is 4.92. The number of carbonyl (C=O) groups excluding carboxylic acids is 1. The van der Waals surface area contributed by atoms with E-state index in [1.54, 1.807) is 4.90 Å². The summed E-state index contributed by atoms with van der Waals surface area (Å²) in [5, 5.41) is 12.2. The van der Waals surface area contributed by atoms with Gasteiger partial charge in [-0.05, 0) is 25.2 Å². The molecule has 2 aliphatic rings. The standard InChI is InChI=1S/C15H26N2O4/c1-3-17(13-9-21-8-12(13)14(18)19)15(20)16-7-11-6-4-5-10(11)2/h10-13H,3-9H2,1-2H3,(H,16,20)(H,18,19). The molecular weight excluding hydrogens is 272 g/mol. The quantitative estimate of drug-likeness (QED) is 0.807. The molecule has 21 heavy (non-hydrogen) atoms. The number of carboxylic acid groups (broad SMARTS) is 1. The second kappa shape index (κ2) is 7.11. The lowest BCUT2D eigenvalue weighted by molar-refractivity contribution is -0.142. The number of carboxylic acids is 1. The number of urea groups is 1. The summed E-state index contributed by atoms with van der Waals surface area (Å²) < 4.78 is 5.26. The molecule has 1 saturated heterocycles. The van der Waals surface area contributed by atoms with Crippen LogP contribution >= 0.6 is 0 Å². The number of hydrogen-bond donors (Lipinski definition) is 2. The van der Waals surface area contributed by atoms with E-state index in [2.05, 4.69) is 12.2 Å². The average molecular weight is 298 g/mol. The normalized spacial score (nSPS) is 32.1. The zero-order valence-electron chi connectivity index (χ0n) is 12.9. The number of ether oxygens (including phenoxy) is 1. The van der Waals surface area contributed by atoms with E-state index in [-0.39, 0.29) is 18.7 Å². The first kappa shape index (κ1) is 16.1. The van der Waals surface area contributed by atoms with E-state index >= 15 is 0 Å². The number of carbonyl (C=O) groups is 2. The van der Waals surface area contributed by atoms with E-state index in [9.17, 15) is 14.7 Å². The molecule has 0 aromatic carbocycles. The van der Waals surface area contributed by atoms with Gasteiger partial charge in [-0.2, -0.15) is 0 Å². The molecule has 6 heteroatoms. The first-order valence-electron chi connectivity index (χ1n) is 7.89. The van der Waals surface area contributed by atoms with Crippen molar-refractivity contribution in [2.24, 2.45) is 17.8 Å². The third-order valence-corrected chi connectivity index (χ3v) is 4.92. The molecule has 4 atom stereocenters. The number of nitrogens with one attached hydrogen (secondary N) is 1. The van der Waals surface area contributed by atoms with Crippen LogP contribution in [-0.2, 0) is 9.53 Å². The zero-order chi connectivity index (χ0) is 15.4. The van der Waals surface area contributed by atoms with Gasteiger partial charge in [0.25, 0.3) is 0 Å². The number of rotatable bonds is 5. The van der Waals surface area contributed by atoms with Gasteiger partial charge < -0.3 is 20.1 Å². The molecule has 120 valence electrons. The fourth-order valence-corrected chi connectivity index (χ4v) is 3.46. The molecule has 6 nitrogen and oxygen atoms in total. The van der Waals surface area contributed by atoms with Crippen molar-refractivity contribution in [3.8, 4) is 0 Å². The maximum absolute atomic E-state index is 12.4. The molecule has 0 spiro atoms. The van der Waals surface area contributed by atoms with Crippen molar-refractivity contribution in [1.29, 1.82) is 0 Å². The minimum absolute atomic E-state index is 0.168. The van der Waals surface area contributed by atoms with Crippen LogP contribution in [0.5, 0.6) is 0 Å². The summed E-state index contributed by atoms with van der Waals surface area (Å²) in [5.41, 5.74) is 0. The molecule has 2 amide bonds. The van der Waals surface area contributed by atoms with Crippen LogP contribution in [0.25, 0.3) is 0 Å². The number of nitrogens with zero attached hydrogens (tertiary/aromatic N) is 1. The van der Waals surface area contributed by atoms with Gasteiger partial charge in [-0.25, -0.2) is 4.79 Å². The Hall–Kier alpha value is -1.30. The molecule has 0 radical (unpaired) electrons. The van der Waals surface area contributed by atoms with Crippen molar-refractivity contribution in [3.63, 3.8) is 0 Å². The molecule has 2 rings (SSSR count). The maximum atomic E-state index is 12.4. The number of hydrogen-bond acceptors (Lipinski definition) is 3. The summed E-state index contributed by atoms with van der Waals surface area (Å²) >= 11 is 0. The van der Waals surface area contributed by atoms with Gasteiger partial charge >= 0.3 is 12.0 Å². The molecular formula is C15H26N2O4. The van der Waals surface area contributed by atoms with Crippen LogP contribution in [0.1, 0.15) is 33.1 Å². The highest BCUT2D eigenvalue weighted by molar-refractivity contribution is 5.77. The first-order valence-corrected chi connectivity index (χ1v) is 7.89.